The number of carboxylic acid groups (broad SMARTS) is 3. The Kier molecular flexibility index (Phi) is 32.8. The van der Waals surface area contributed by atoms with Crippen LogP contribution in [0.25, 0.3) is 0 Å². The predicted molar refractivity (Wildman–Crippen MR) is 264 cm³/mol. The summed E-state index contributed by atoms with van der Waals surface area (Å²) in [5.41, 5.74) is 27.2. The Hall–Kier alpha value is -7.41. The number of hydrogen-bond donors (Lipinski definition) is 16. The fourth-order valence-electron chi connectivity index (χ4n) is 6.38. The molecule has 0 aliphatic heterocycles. The number of carbonyl (C=O) groups is 11. The Balaban J connectivity index is 6.03. The molecule has 0 aliphatic carbocycles. The highest BCUT2D eigenvalue weighted by Crippen LogP contribution is 2.10. The van der Waals surface area contributed by atoms with Gasteiger partial charge in [0.05, 0.1) is 45.2 Å². The highest BCUT2D eigenvalue weighted by atomic mass is 16.5. The minimum Gasteiger partial charge on any atom is -0.481 e. The fraction of sp³-hybridized carbons (Fsp3) is 0.698. The molecule has 0 aliphatic rings. The number of rotatable bonds is 39. The second kappa shape index (κ2) is 36.5. The number of ether oxygens (including phenoxy) is 2. The zero-order valence-corrected chi connectivity index (χ0v) is 42.4. The van der Waals surface area contributed by atoms with Gasteiger partial charge in [0.1, 0.15) is 42.9 Å². The maximum Gasteiger partial charge on any atom is 0.329 e. The summed E-state index contributed by atoms with van der Waals surface area (Å²) >= 11 is 0. The molecule has 31 nitrogen and oxygen atoms in total. The summed E-state index contributed by atoms with van der Waals surface area (Å²) in [6.07, 6.45) is -1.31. The quantitative estimate of drug-likeness (QED) is 0.0155. The number of guanidine groups is 2. The van der Waals surface area contributed by atoms with E-state index < -0.39 is 133 Å². The number of carbonyl (C=O) groups excluding carboxylic acids is 8. The van der Waals surface area contributed by atoms with Gasteiger partial charge in [0.15, 0.2) is 11.9 Å². The van der Waals surface area contributed by atoms with E-state index in [9.17, 15) is 63.0 Å². The van der Waals surface area contributed by atoms with Crippen LogP contribution in [0.4, 0.5) is 0 Å². The molecule has 31 heteroatoms. The van der Waals surface area contributed by atoms with Gasteiger partial charge in [-0.3, -0.25) is 57.9 Å². The van der Waals surface area contributed by atoms with Crippen LogP contribution in [0, 0.1) is 11.8 Å². The standard InChI is InChI=1S/C43H77N15O16/c1-22(2)16-27(39(70)55-26(9-7-11-51-43(47)48)37(68)49-12-13-73-14-15-74-21-34(64)65)56-35(66)24(5)53-38(69)30(19-33(62)63)58-40(71)28(17-23(3)4)57-41(72)29(18-32(60)61)54-31(59)20-52-36(67)25(44)8-6-10-50-42(45)46/h22-30H,6-21,44H2,1-5H3,(H,49,68)(H,52,67)(H,53,69)(H,54,59)(H,55,70)(H,56,66)(H,57,72)(H,58,71)(H,60,61)(H,62,63)(H,64,65)(H4,45,46,50)(H4,47,48,51)/t24-,25-,26-,27-,28-,29-,30+/m0/s1. The first-order valence-corrected chi connectivity index (χ1v) is 23.7. The Labute approximate surface area is 427 Å². The number of aliphatic imine (C=N–C) groups is 2. The molecule has 0 heterocycles. The molecular weight excluding hydrogens is 983 g/mol. The minimum absolute atomic E-state index is 0.00308. The van der Waals surface area contributed by atoms with Gasteiger partial charge in [-0.2, -0.15) is 0 Å². The number of amides is 8. The summed E-state index contributed by atoms with van der Waals surface area (Å²) in [5.74, 6) is -12.6. The lowest BCUT2D eigenvalue weighted by atomic mass is 10.0. The van der Waals surface area contributed by atoms with Crippen molar-refractivity contribution in [3.05, 3.63) is 0 Å². The van der Waals surface area contributed by atoms with Crippen molar-refractivity contribution in [2.24, 2.45) is 50.5 Å². The fourth-order valence-corrected chi connectivity index (χ4v) is 6.38. The largest absolute Gasteiger partial charge is 0.481 e. The average molecular weight is 1060 g/mol. The van der Waals surface area contributed by atoms with E-state index in [0.29, 0.717) is 6.42 Å². The van der Waals surface area contributed by atoms with Crippen molar-refractivity contribution < 1.29 is 77.5 Å². The van der Waals surface area contributed by atoms with E-state index in [1.807, 2.05) is 0 Å². The van der Waals surface area contributed by atoms with Crippen LogP contribution in [0.5, 0.6) is 0 Å². The number of nitrogens with one attached hydrogen (secondary N) is 8. The van der Waals surface area contributed by atoms with Crippen molar-refractivity contribution in [2.45, 2.75) is 128 Å². The monoisotopic (exact) mass is 1060 g/mol. The molecule has 0 unspecified atom stereocenters. The van der Waals surface area contributed by atoms with Crippen LogP contribution < -0.4 is 71.2 Å². The molecule has 0 saturated heterocycles. The number of nitrogens with two attached hydrogens (primary N) is 5. The van der Waals surface area contributed by atoms with Gasteiger partial charge in [-0.15, -0.1) is 0 Å². The molecule has 0 saturated carbocycles. The maximum absolute atomic E-state index is 13.7. The molecule has 0 radical (unpaired) electrons. The normalized spacial score (nSPS) is 13.7. The van der Waals surface area contributed by atoms with Gasteiger partial charge in [0, 0.05) is 19.6 Å². The van der Waals surface area contributed by atoms with Crippen LogP contribution in [0.3, 0.4) is 0 Å². The molecule has 0 aromatic carbocycles. The van der Waals surface area contributed by atoms with Crippen LogP contribution >= 0.6 is 0 Å². The average Bonchev–Trinajstić information content (AvgIpc) is 3.29. The number of carboxylic acids is 3. The van der Waals surface area contributed by atoms with Gasteiger partial charge < -0.3 is 96.0 Å². The van der Waals surface area contributed by atoms with Gasteiger partial charge in [-0.25, -0.2) is 4.79 Å². The third kappa shape index (κ3) is 31.8. The van der Waals surface area contributed by atoms with Crippen LogP contribution in [0.1, 0.15) is 86.0 Å². The SMILES string of the molecule is CC(C)C[C@H](NC(=O)[C@H](C)NC(=O)[C@@H](CC(=O)O)NC(=O)[C@H](CC(C)C)NC(=O)[C@H](CC(=O)O)NC(=O)CNC(=O)[C@@H](N)CCCN=C(N)N)C(=O)N[C@@H](CCCN=C(N)N)C(=O)NCCOCCOCC(=O)O. The second-order valence-electron chi connectivity index (χ2n) is 17.6. The third-order valence-corrected chi connectivity index (χ3v) is 9.92. The summed E-state index contributed by atoms with van der Waals surface area (Å²) in [4.78, 5) is 148. The lowest BCUT2D eigenvalue weighted by Crippen LogP contribution is -2.60. The number of aliphatic carboxylic acids is 3. The summed E-state index contributed by atoms with van der Waals surface area (Å²) in [5, 5.41) is 47.0. The van der Waals surface area contributed by atoms with Crippen molar-refractivity contribution in [3.8, 4) is 0 Å². The summed E-state index contributed by atoms with van der Waals surface area (Å²) in [6.45, 7) is 7.16. The lowest BCUT2D eigenvalue weighted by molar-refractivity contribution is -0.143. The summed E-state index contributed by atoms with van der Waals surface area (Å²) in [6, 6.07) is -10.1. The molecule has 0 aromatic heterocycles. The molecule has 7 atom stereocenters. The highest BCUT2D eigenvalue weighted by molar-refractivity contribution is 5.98. The minimum atomic E-state index is -1.86. The van der Waals surface area contributed by atoms with Gasteiger partial charge in [0.25, 0.3) is 0 Å². The van der Waals surface area contributed by atoms with Gasteiger partial charge in [-0.1, -0.05) is 27.7 Å². The van der Waals surface area contributed by atoms with E-state index in [0.717, 1.165) is 0 Å². The van der Waals surface area contributed by atoms with E-state index in [2.05, 4.69) is 52.5 Å². The van der Waals surface area contributed by atoms with Crippen molar-refractivity contribution >= 4 is 77.1 Å². The smallest absolute Gasteiger partial charge is 0.329 e. The first kappa shape index (κ1) is 66.6. The Bertz CT molecular complexity index is 1950. The van der Waals surface area contributed by atoms with E-state index in [4.69, 9.17) is 43.2 Å². The highest BCUT2D eigenvalue weighted by Gasteiger charge is 2.34. The van der Waals surface area contributed by atoms with Crippen molar-refractivity contribution in [2.75, 3.05) is 52.6 Å². The van der Waals surface area contributed by atoms with Crippen LogP contribution in [-0.4, -0.2) is 187 Å². The van der Waals surface area contributed by atoms with Crippen LogP contribution in [0.2, 0.25) is 0 Å². The van der Waals surface area contributed by atoms with Crippen LogP contribution in [0.15, 0.2) is 9.98 Å². The van der Waals surface area contributed by atoms with Crippen LogP contribution in [-0.2, 0) is 62.2 Å². The first-order chi connectivity index (χ1) is 34.6. The predicted octanol–water partition coefficient (Wildman–Crippen LogP) is -6.26. The van der Waals surface area contributed by atoms with Crippen molar-refractivity contribution in [3.63, 3.8) is 0 Å². The van der Waals surface area contributed by atoms with Crippen molar-refractivity contribution in [1.29, 1.82) is 0 Å². The van der Waals surface area contributed by atoms with E-state index in [1.165, 1.54) is 6.92 Å². The number of nitrogens with zero attached hydrogens (tertiary/aromatic N) is 2. The molecule has 0 rings (SSSR count). The second-order valence-corrected chi connectivity index (χ2v) is 17.6. The molecule has 21 N–H and O–H groups in total. The molecule has 0 bridgehead atoms. The molecule has 420 valence electrons. The maximum atomic E-state index is 13.7. The zero-order chi connectivity index (χ0) is 56.5. The topological polar surface area (TPSA) is 518 Å². The molecule has 74 heavy (non-hydrogen) atoms. The van der Waals surface area contributed by atoms with Gasteiger partial charge in [0.2, 0.25) is 47.3 Å². The zero-order valence-electron chi connectivity index (χ0n) is 42.4. The molecular formula is C43H77N15O16. The number of hydrogen-bond acceptors (Lipinski definition) is 16. The Morgan fingerprint density at radius 2 is 0.932 bits per heavy atom. The van der Waals surface area contributed by atoms with E-state index in [1.54, 1.807) is 27.7 Å². The van der Waals surface area contributed by atoms with E-state index in [-0.39, 0.29) is 95.3 Å². The first-order valence-electron chi connectivity index (χ1n) is 23.7. The van der Waals surface area contributed by atoms with Crippen molar-refractivity contribution in [1.82, 2.24) is 42.5 Å². The Morgan fingerprint density at radius 3 is 1.43 bits per heavy atom. The molecule has 0 fully saturated rings. The van der Waals surface area contributed by atoms with Gasteiger partial charge >= 0.3 is 17.9 Å². The summed E-state index contributed by atoms with van der Waals surface area (Å²) < 4.78 is 10.2. The summed E-state index contributed by atoms with van der Waals surface area (Å²) in [7, 11) is 0. The third-order valence-electron chi connectivity index (χ3n) is 9.92. The molecule has 8 amide bonds. The van der Waals surface area contributed by atoms with Gasteiger partial charge in [-0.05, 0) is 57.3 Å². The lowest BCUT2D eigenvalue weighted by Gasteiger charge is -2.27. The molecule has 0 aromatic rings. The molecule has 0 spiro atoms. The van der Waals surface area contributed by atoms with E-state index >= 15 is 0 Å². The Morgan fingerprint density at radius 1 is 0.486 bits per heavy atom.